The van der Waals surface area contributed by atoms with Gasteiger partial charge < -0.3 is 10.2 Å². The Kier molecular flexibility index (Phi) is 11.7. The smallest absolute Gasteiger partial charge is 0.354 e. The van der Waals surface area contributed by atoms with Gasteiger partial charge in [0, 0.05) is 19.5 Å². The highest BCUT2D eigenvalue weighted by Crippen LogP contribution is 2.38. The zero-order valence-electron chi connectivity index (χ0n) is 25.8. The lowest BCUT2D eigenvalue weighted by Crippen LogP contribution is -2.53. The minimum atomic E-state index is -4.89. The maximum Gasteiger partial charge on any atom is 0.417 e. The van der Waals surface area contributed by atoms with Gasteiger partial charge in [-0.05, 0) is 47.4 Å². The number of hydrogen-bond donors (Lipinski definition) is 1. The second kappa shape index (κ2) is 15.5. The number of halogens is 4. The van der Waals surface area contributed by atoms with E-state index in [-0.39, 0.29) is 23.8 Å². The standard InChI is InChI=1S/C35H35ClF3N3O4S/c1-25(2)22-40-34(44)32(20-26-12-6-3-7-13-26)41(23-27-14-8-4-9-15-27)33(43)24-42(47(45,46)29-16-10-5-11-17-29)28-18-19-31(36)30(21-28)35(37,38)39/h3-19,21,25,32H,20,22-24H2,1-2H3,(H,40,44)/t32-/m0/s1. The Balaban J connectivity index is 1.84. The summed E-state index contributed by atoms with van der Waals surface area (Å²) < 4.78 is 70.4. The maximum atomic E-state index is 14.4. The summed E-state index contributed by atoms with van der Waals surface area (Å²) in [6.45, 7) is 3.21. The van der Waals surface area contributed by atoms with Crippen LogP contribution in [0.3, 0.4) is 0 Å². The monoisotopic (exact) mass is 685 g/mol. The van der Waals surface area contributed by atoms with E-state index >= 15 is 0 Å². The number of hydrogen-bond acceptors (Lipinski definition) is 4. The largest absolute Gasteiger partial charge is 0.417 e. The molecule has 0 aliphatic heterocycles. The summed E-state index contributed by atoms with van der Waals surface area (Å²) in [6.07, 6.45) is -4.79. The lowest BCUT2D eigenvalue weighted by atomic mass is 10.0. The van der Waals surface area contributed by atoms with Crippen LogP contribution in [0.2, 0.25) is 5.02 Å². The number of carbonyl (C=O) groups excluding carboxylic acids is 2. The number of carbonyl (C=O) groups is 2. The van der Waals surface area contributed by atoms with E-state index in [1.165, 1.54) is 29.2 Å². The predicted octanol–water partition coefficient (Wildman–Crippen LogP) is 6.97. The summed E-state index contributed by atoms with van der Waals surface area (Å²) in [6, 6.07) is 26.6. The predicted molar refractivity (Wildman–Crippen MR) is 176 cm³/mol. The Labute approximate surface area is 278 Å². The molecule has 0 aliphatic carbocycles. The number of sulfonamides is 1. The molecule has 0 spiro atoms. The summed E-state index contributed by atoms with van der Waals surface area (Å²) >= 11 is 5.86. The van der Waals surface area contributed by atoms with Gasteiger partial charge in [0.1, 0.15) is 12.6 Å². The average molecular weight is 686 g/mol. The van der Waals surface area contributed by atoms with Crippen LogP contribution in [0.1, 0.15) is 30.5 Å². The summed E-state index contributed by atoms with van der Waals surface area (Å²) in [5.41, 5.74) is -0.251. The molecule has 1 atom stereocenters. The van der Waals surface area contributed by atoms with Crippen LogP contribution < -0.4 is 9.62 Å². The molecule has 0 aromatic heterocycles. The number of rotatable bonds is 13. The first kappa shape index (κ1) is 35.5. The fourth-order valence-electron chi connectivity index (χ4n) is 4.89. The van der Waals surface area contributed by atoms with Gasteiger partial charge in [-0.3, -0.25) is 13.9 Å². The van der Waals surface area contributed by atoms with Gasteiger partial charge in [0.05, 0.1) is 21.2 Å². The minimum Gasteiger partial charge on any atom is -0.354 e. The molecule has 7 nitrogen and oxygen atoms in total. The zero-order chi connectivity index (χ0) is 34.2. The van der Waals surface area contributed by atoms with E-state index in [1.807, 2.05) is 32.0 Å². The molecular formula is C35H35ClF3N3O4S. The fourth-order valence-corrected chi connectivity index (χ4v) is 6.54. The second-order valence-corrected chi connectivity index (χ2v) is 13.6. The van der Waals surface area contributed by atoms with E-state index in [4.69, 9.17) is 11.6 Å². The van der Waals surface area contributed by atoms with Crippen molar-refractivity contribution in [3.63, 3.8) is 0 Å². The van der Waals surface area contributed by atoms with Crippen molar-refractivity contribution in [3.05, 3.63) is 131 Å². The van der Waals surface area contributed by atoms with E-state index in [0.29, 0.717) is 22.5 Å². The Morgan fingerprint density at radius 1 is 0.830 bits per heavy atom. The van der Waals surface area contributed by atoms with Gasteiger partial charge in [-0.2, -0.15) is 13.2 Å². The molecule has 2 amide bonds. The molecule has 0 saturated heterocycles. The van der Waals surface area contributed by atoms with Crippen molar-refractivity contribution in [2.45, 2.75) is 43.9 Å². The van der Waals surface area contributed by atoms with Crippen LogP contribution >= 0.6 is 11.6 Å². The molecule has 248 valence electrons. The molecule has 12 heteroatoms. The van der Waals surface area contributed by atoms with E-state index in [0.717, 1.165) is 17.7 Å². The first-order chi connectivity index (χ1) is 22.3. The molecule has 0 saturated carbocycles. The fraction of sp³-hybridized carbons (Fsp3) is 0.257. The summed E-state index contributed by atoms with van der Waals surface area (Å²) in [4.78, 5) is 29.3. The Morgan fingerprint density at radius 2 is 1.38 bits per heavy atom. The molecule has 47 heavy (non-hydrogen) atoms. The highest BCUT2D eigenvalue weighted by atomic mass is 35.5. The Bertz CT molecular complexity index is 1760. The van der Waals surface area contributed by atoms with E-state index in [2.05, 4.69) is 5.32 Å². The number of anilines is 1. The number of nitrogens with zero attached hydrogens (tertiary/aromatic N) is 2. The summed E-state index contributed by atoms with van der Waals surface area (Å²) in [5.74, 6) is -1.14. The van der Waals surface area contributed by atoms with Crippen LogP contribution in [0.15, 0.2) is 114 Å². The van der Waals surface area contributed by atoms with Crippen molar-refractivity contribution in [1.82, 2.24) is 10.2 Å². The van der Waals surface area contributed by atoms with Crippen LogP contribution in [0.4, 0.5) is 18.9 Å². The molecule has 0 heterocycles. The third-order valence-electron chi connectivity index (χ3n) is 7.30. The summed E-state index contributed by atoms with van der Waals surface area (Å²) in [5, 5.41) is 2.27. The maximum absolute atomic E-state index is 14.4. The molecule has 0 bridgehead atoms. The number of amides is 2. The highest BCUT2D eigenvalue weighted by Gasteiger charge is 2.37. The van der Waals surface area contributed by atoms with Gasteiger partial charge >= 0.3 is 6.18 Å². The number of benzene rings is 4. The zero-order valence-corrected chi connectivity index (χ0v) is 27.4. The van der Waals surface area contributed by atoms with Gasteiger partial charge in [-0.1, -0.05) is 104 Å². The molecule has 1 N–H and O–H groups in total. The van der Waals surface area contributed by atoms with Gasteiger partial charge in [-0.15, -0.1) is 0 Å². The molecule has 4 aromatic carbocycles. The van der Waals surface area contributed by atoms with Gasteiger partial charge in [0.15, 0.2) is 0 Å². The molecule has 0 aliphatic rings. The van der Waals surface area contributed by atoms with Crippen molar-refractivity contribution in [3.8, 4) is 0 Å². The van der Waals surface area contributed by atoms with Crippen molar-refractivity contribution in [1.29, 1.82) is 0 Å². The summed E-state index contributed by atoms with van der Waals surface area (Å²) in [7, 11) is -4.58. The third-order valence-corrected chi connectivity index (χ3v) is 9.42. The molecular weight excluding hydrogens is 651 g/mol. The topological polar surface area (TPSA) is 86.8 Å². The van der Waals surface area contributed by atoms with Gasteiger partial charge in [0.2, 0.25) is 11.8 Å². The van der Waals surface area contributed by atoms with Crippen LogP contribution in [-0.4, -0.2) is 44.3 Å². The van der Waals surface area contributed by atoms with Crippen molar-refractivity contribution >= 4 is 39.1 Å². The van der Waals surface area contributed by atoms with Gasteiger partial charge in [-0.25, -0.2) is 8.42 Å². The molecule has 0 fully saturated rings. The number of alkyl halides is 3. The van der Waals surface area contributed by atoms with E-state index in [9.17, 15) is 31.2 Å². The van der Waals surface area contributed by atoms with Crippen LogP contribution in [-0.2, 0) is 38.8 Å². The van der Waals surface area contributed by atoms with E-state index in [1.54, 1.807) is 48.5 Å². The molecule has 4 aromatic rings. The lowest BCUT2D eigenvalue weighted by Gasteiger charge is -2.34. The van der Waals surface area contributed by atoms with E-state index < -0.39 is 56.9 Å². The van der Waals surface area contributed by atoms with Crippen molar-refractivity contribution in [2.24, 2.45) is 5.92 Å². The Hall–Kier alpha value is -4.35. The third kappa shape index (κ3) is 9.36. The average Bonchev–Trinajstić information content (AvgIpc) is 3.05. The molecule has 0 unspecified atom stereocenters. The van der Waals surface area contributed by atoms with Gasteiger partial charge in [0.25, 0.3) is 10.0 Å². The SMILES string of the molecule is CC(C)CNC(=O)[C@H](Cc1ccccc1)N(Cc1ccccc1)C(=O)CN(c1ccc(Cl)c(C(F)(F)F)c1)S(=O)(=O)c1ccccc1. The van der Waals surface area contributed by atoms with Crippen LogP contribution in [0, 0.1) is 5.92 Å². The lowest BCUT2D eigenvalue weighted by molar-refractivity contribution is -0.140. The van der Waals surface area contributed by atoms with Crippen LogP contribution in [0.5, 0.6) is 0 Å². The highest BCUT2D eigenvalue weighted by molar-refractivity contribution is 7.92. The molecule has 4 rings (SSSR count). The first-order valence-electron chi connectivity index (χ1n) is 14.9. The minimum absolute atomic E-state index is 0.0695. The van der Waals surface area contributed by atoms with Crippen molar-refractivity contribution in [2.75, 3.05) is 17.4 Å². The first-order valence-corrected chi connectivity index (χ1v) is 16.7. The quantitative estimate of drug-likeness (QED) is 0.165. The van der Waals surface area contributed by atoms with Crippen LogP contribution in [0.25, 0.3) is 0 Å². The van der Waals surface area contributed by atoms with Crippen molar-refractivity contribution < 1.29 is 31.2 Å². The normalized spacial score (nSPS) is 12.4. The second-order valence-electron chi connectivity index (χ2n) is 11.3. The Morgan fingerprint density at radius 3 is 1.94 bits per heavy atom. The number of nitrogens with one attached hydrogen (secondary N) is 1. The molecule has 0 radical (unpaired) electrons.